The molecule has 0 heterocycles. The lowest BCUT2D eigenvalue weighted by Crippen LogP contribution is -2.28. The van der Waals surface area contributed by atoms with E-state index >= 15 is 0 Å². The fourth-order valence-electron chi connectivity index (χ4n) is 2.03. The second-order valence-electron chi connectivity index (χ2n) is 4.57. The second-order valence-corrected chi connectivity index (χ2v) is 5.33. The van der Waals surface area contributed by atoms with Gasteiger partial charge in [-0.05, 0) is 31.5 Å². The number of halogens is 2. The number of nitrogens with one attached hydrogen (secondary N) is 1. The number of rotatable bonds is 8. The molecule has 5 heteroatoms. The molecular formula is C15H22Cl2N2O. The van der Waals surface area contributed by atoms with Crippen molar-refractivity contribution < 1.29 is 4.79 Å². The molecule has 0 radical (unpaired) electrons. The minimum atomic E-state index is -0.140. The molecule has 3 nitrogen and oxygen atoms in total. The molecule has 1 unspecified atom stereocenters. The van der Waals surface area contributed by atoms with E-state index in [0.717, 1.165) is 24.3 Å². The summed E-state index contributed by atoms with van der Waals surface area (Å²) in [7, 11) is 0. The zero-order valence-corrected chi connectivity index (χ0v) is 13.5. The average molecular weight is 317 g/mol. The van der Waals surface area contributed by atoms with E-state index in [1.807, 2.05) is 38.1 Å². The summed E-state index contributed by atoms with van der Waals surface area (Å²) in [6.45, 7) is 6.01. The quantitative estimate of drug-likeness (QED) is 0.747. The van der Waals surface area contributed by atoms with Gasteiger partial charge in [-0.25, -0.2) is 0 Å². The van der Waals surface area contributed by atoms with Crippen LogP contribution in [0.4, 0.5) is 5.69 Å². The molecule has 1 N–H and O–H groups in total. The number of benzene rings is 1. The number of amides is 1. The zero-order chi connectivity index (χ0) is 15.0. The first-order valence-corrected chi connectivity index (χ1v) is 7.95. The number of carbonyl (C=O) groups excluding carboxylic acids is 1. The summed E-state index contributed by atoms with van der Waals surface area (Å²) in [6.07, 6.45) is 0. The summed E-state index contributed by atoms with van der Waals surface area (Å²) in [5, 5.41) is 2.84. The van der Waals surface area contributed by atoms with Crippen molar-refractivity contribution in [1.29, 1.82) is 0 Å². The van der Waals surface area contributed by atoms with Crippen LogP contribution in [0.15, 0.2) is 24.3 Å². The van der Waals surface area contributed by atoms with Gasteiger partial charge in [-0.2, -0.15) is 0 Å². The van der Waals surface area contributed by atoms with Gasteiger partial charge in [-0.3, -0.25) is 4.79 Å². The Bertz CT molecular complexity index is 403. The van der Waals surface area contributed by atoms with Crippen LogP contribution >= 0.6 is 23.2 Å². The maximum atomic E-state index is 11.8. The number of carbonyl (C=O) groups is 1. The first kappa shape index (κ1) is 17.1. The predicted octanol–water partition coefficient (Wildman–Crippen LogP) is 3.21. The molecule has 0 aliphatic carbocycles. The normalized spacial score (nSPS) is 12.0. The van der Waals surface area contributed by atoms with Crippen molar-refractivity contribution in [1.82, 2.24) is 5.32 Å². The molecule has 0 saturated heterocycles. The number of hydrogen-bond acceptors (Lipinski definition) is 2. The number of hydrogen-bond donors (Lipinski definition) is 1. The van der Waals surface area contributed by atoms with Crippen LogP contribution in [-0.2, 0) is 4.79 Å². The van der Waals surface area contributed by atoms with Crippen molar-refractivity contribution in [2.24, 2.45) is 0 Å². The molecule has 0 aliphatic heterocycles. The molecule has 20 heavy (non-hydrogen) atoms. The number of anilines is 1. The Morgan fingerprint density at radius 2 is 1.75 bits per heavy atom. The molecule has 1 aromatic rings. The molecule has 112 valence electrons. The van der Waals surface area contributed by atoms with Crippen LogP contribution in [0, 0.1) is 0 Å². The lowest BCUT2D eigenvalue weighted by Gasteiger charge is -2.23. The van der Waals surface area contributed by atoms with Gasteiger partial charge in [0.1, 0.15) is 0 Å². The third-order valence-corrected chi connectivity index (χ3v) is 3.55. The van der Waals surface area contributed by atoms with E-state index in [4.69, 9.17) is 23.2 Å². The molecule has 0 bridgehead atoms. The predicted molar refractivity (Wildman–Crippen MR) is 87.2 cm³/mol. The van der Waals surface area contributed by atoms with E-state index in [2.05, 4.69) is 10.2 Å². The Labute approximate surface area is 131 Å². The largest absolute Gasteiger partial charge is 0.369 e. The molecule has 1 atom stereocenters. The van der Waals surface area contributed by atoms with Gasteiger partial charge in [0.05, 0.1) is 5.92 Å². The van der Waals surface area contributed by atoms with E-state index in [9.17, 15) is 4.79 Å². The van der Waals surface area contributed by atoms with Gasteiger partial charge in [0.15, 0.2) is 0 Å². The van der Waals surface area contributed by atoms with Crippen LogP contribution in [0.25, 0.3) is 0 Å². The van der Waals surface area contributed by atoms with Gasteiger partial charge < -0.3 is 10.2 Å². The summed E-state index contributed by atoms with van der Waals surface area (Å²) in [6, 6.07) is 8.02. The summed E-state index contributed by atoms with van der Waals surface area (Å²) >= 11 is 11.6. The maximum Gasteiger partial charge on any atom is 0.227 e. The number of nitrogens with zero attached hydrogens (tertiary/aromatic N) is 1. The highest BCUT2D eigenvalue weighted by Crippen LogP contribution is 2.21. The minimum Gasteiger partial charge on any atom is -0.369 e. The Balaban J connectivity index is 2.78. The molecule has 1 aromatic carbocycles. The molecule has 0 fully saturated rings. The maximum absolute atomic E-state index is 11.8. The molecule has 0 spiro atoms. The lowest BCUT2D eigenvalue weighted by atomic mass is 10.00. The van der Waals surface area contributed by atoms with E-state index in [-0.39, 0.29) is 11.8 Å². The Morgan fingerprint density at radius 3 is 2.20 bits per heavy atom. The van der Waals surface area contributed by atoms with Crippen molar-refractivity contribution in [3.63, 3.8) is 0 Å². The molecular weight excluding hydrogens is 295 g/mol. The third kappa shape index (κ3) is 4.88. The SMILES string of the molecule is CCNC(=O)C(C)c1ccc(N(CCCl)CCCl)cc1. The number of likely N-dealkylation sites (N-methyl/N-ethyl adjacent to an activating group) is 1. The van der Waals surface area contributed by atoms with Crippen LogP contribution in [0.3, 0.4) is 0 Å². The lowest BCUT2D eigenvalue weighted by molar-refractivity contribution is -0.122. The van der Waals surface area contributed by atoms with Gasteiger partial charge in [0.25, 0.3) is 0 Å². The van der Waals surface area contributed by atoms with E-state index in [0.29, 0.717) is 18.3 Å². The van der Waals surface area contributed by atoms with E-state index in [1.165, 1.54) is 0 Å². The standard InChI is InChI=1S/C15H22Cl2N2O/c1-3-18-15(20)12(2)13-4-6-14(7-5-13)19(10-8-16)11-9-17/h4-7,12H,3,8-11H2,1-2H3,(H,18,20). The van der Waals surface area contributed by atoms with Gasteiger partial charge in [0.2, 0.25) is 5.91 Å². The first-order chi connectivity index (χ1) is 9.63. The smallest absolute Gasteiger partial charge is 0.227 e. The van der Waals surface area contributed by atoms with Crippen molar-refractivity contribution in [3.8, 4) is 0 Å². The Kier molecular flexibility index (Phi) is 7.78. The fourth-order valence-corrected chi connectivity index (χ4v) is 2.43. The van der Waals surface area contributed by atoms with Gasteiger partial charge in [0, 0.05) is 37.1 Å². The van der Waals surface area contributed by atoms with Gasteiger partial charge in [-0.1, -0.05) is 12.1 Å². The van der Waals surface area contributed by atoms with Crippen molar-refractivity contribution in [3.05, 3.63) is 29.8 Å². The Morgan fingerprint density at radius 1 is 1.20 bits per heavy atom. The molecule has 1 rings (SSSR count). The highest BCUT2D eigenvalue weighted by Gasteiger charge is 2.14. The average Bonchev–Trinajstić information content (AvgIpc) is 2.47. The van der Waals surface area contributed by atoms with Gasteiger partial charge >= 0.3 is 0 Å². The molecule has 0 aromatic heterocycles. The summed E-state index contributed by atoms with van der Waals surface area (Å²) in [5.41, 5.74) is 2.09. The monoisotopic (exact) mass is 316 g/mol. The highest BCUT2D eigenvalue weighted by atomic mass is 35.5. The Hall–Kier alpha value is -0.930. The van der Waals surface area contributed by atoms with Crippen molar-refractivity contribution in [2.45, 2.75) is 19.8 Å². The highest BCUT2D eigenvalue weighted by molar-refractivity contribution is 6.18. The van der Waals surface area contributed by atoms with Crippen molar-refractivity contribution >= 4 is 34.8 Å². The summed E-state index contributed by atoms with van der Waals surface area (Å²) < 4.78 is 0. The van der Waals surface area contributed by atoms with Crippen LogP contribution in [0.2, 0.25) is 0 Å². The third-order valence-electron chi connectivity index (χ3n) is 3.21. The van der Waals surface area contributed by atoms with E-state index in [1.54, 1.807) is 0 Å². The minimum absolute atomic E-state index is 0.0543. The first-order valence-electron chi connectivity index (χ1n) is 6.88. The van der Waals surface area contributed by atoms with Crippen LogP contribution in [0.1, 0.15) is 25.3 Å². The number of alkyl halides is 2. The summed E-state index contributed by atoms with van der Waals surface area (Å²) in [4.78, 5) is 14.0. The zero-order valence-electron chi connectivity index (χ0n) is 12.0. The fraction of sp³-hybridized carbons (Fsp3) is 0.533. The topological polar surface area (TPSA) is 32.3 Å². The summed E-state index contributed by atoms with van der Waals surface area (Å²) in [5.74, 6) is 1.04. The van der Waals surface area contributed by atoms with Crippen LogP contribution < -0.4 is 10.2 Å². The molecule has 1 amide bonds. The second kappa shape index (κ2) is 9.09. The van der Waals surface area contributed by atoms with Crippen LogP contribution in [0.5, 0.6) is 0 Å². The molecule has 0 saturated carbocycles. The van der Waals surface area contributed by atoms with Crippen molar-refractivity contribution in [2.75, 3.05) is 36.3 Å². The molecule has 0 aliphatic rings. The van der Waals surface area contributed by atoms with Gasteiger partial charge in [-0.15, -0.1) is 23.2 Å². The van der Waals surface area contributed by atoms with Crippen LogP contribution in [-0.4, -0.2) is 37.3 Å². The van der Waals surface area contributed by atoms with E-state index < -0.39 is 0 Å².